The average molecular weight is 483 g/mol. The molecule has 0 aliphatic carbocycles. The Bertz CT molecular complexity index is 725. The number of likely N-dealkylation sites (tertiary alicyclic amines) is 1. The van der Waals surface area contributed by atoms with E-state index >= 15 is 0 Å². The number of rotatable bonds is 16. The number of aliphatic imine (C=N–C) groups is 1. The van der Waals surface area contributed by atoms with Crippen LogP contribution < -0.4 is 17.2 Å². The van der Waals surface area contributed by atoms with Crippen LogP contribution in [0.3, 0.4) is 0 Å². The second-order valence-electron chi connectivity index (χ2n) is 8.74. The van der Waals surface area contributed by atoms with Crippen molar-refractivity contribution in [3.63, 3.8) is 0 Å². The molecule has 0 bridgehead atoms. The van der Waals surface area contributed by atoms with Gasteiger partial charge in [0.25, 0.3) is 0 Å². The van der Waals surface area contributed by atoms with Crippen LogP contribution in [0.2, 0.25) is 0 Å². The Morgan fingerprint density at radius 1 is 1.12 bits per heavy atom. The van der Waals surface area contributed by atoms with Crippen LogP contribution in [0.1, 0.15) is 71.6 Å². The predicted molar refractivity (Wildman–Crippen MR) is 130 cm³/mol. The molecule has 0 aromatic rings. The minimum Gasteiger partial charge on any atom is -0.481 e. The lowest BCUT2D eigenvalue weighted by Gasteiger charge is -2.35. The first-order valence-corrected chi connectivity index (χ1v) is 12.3. The number of hydrogen-bond donors (Lipinski definition) is 4. The molecule has 3 atom stereocenters. The number of nitrogens with two attached hydrogens (primary N) is 3. The molecule has 0 aromatic heterocycles. The standard InChI is InChI=1S/C23H42N6O5/c1-3-5-6-10-18(28(4-2)20(31)15-24)21(32)29-13-8-11-17(29)19(30)14-16(22(33)34)9-7-12-27-23(25)26/h16-18H,3-15,24H2,1-2H3,(H,33,34)(H4,25,26,27)/t16-,17+,18+/m1/s1. The van der Waals surface area contributed by atoms with Crippen LogP contribution in [0.25, 0.3) is 0 Å². The predicted octanol–water partition coefficient (Wildman–Crippen LogP) is 0.447. The Labute approximate surface area is 202 Å². The SMILES string of the molecule is CCCCC[C@@H](C(=O)N1CCC[C@H]1C(=O)C[C@@H](CCCN=C(N)N)C(=O)O)N(CC)C(=O)CN. The van der Waals surface area contributed by atoms with Crippen LogP contribution in [0.5, 0.6) is 0 Å². The fourth-order valence-electron chi connectivity index (χ4n) is 4.48. The van der Waals surface area contributed by atoms with E-state index in [-0.39, 0.29) is 49.5 Å². The molecule has 1 aliphatic rings. The van der Waals surface area contributed by atoms with Crippen molar-refractivity contribution in [3.8, 4) is 0 Å². The summed E-state index contributed by atoms with van der Waals surface area (Å²) in [6.45, 7) is 4.73. The molecule has 0 unspecified atom stereocenters. The summed E-state index contributed by atoms with van der Waals surface area (Å²) < 4.78 is 0. The molecule has 34 heavy (non-hydrogen) atoms. The maximum Gasteiger partial charge on any atom is 0.306 e. The van der Waals surface area contributed by atoms with Crippen LogP contribution in [0.4, 0.5) is 0 Å². The van der Waals surface area contributed by atoms with Crippen molar-refractivity contribution in [1.29, 1.82) is 0 Å². The van der Waals surface area contributed by atoms with Gasteiger partial charge in [-0.1, -0.05) is 26.2 Å². The number of carbonyl (C=O) groups is 4. The maximum absolute atomic E-state index is 13.6. The van der Waals surface area contributed by atoms with E-state index in [0.29, 0.717) is 38.8 Å². The zero-order valence-electron chi connectivity index (χ0n) is 20.6. The summed E-state index contributed by atoms with van der Waals surface area (Å²) in [4.78, 5) is 57.7. The van der Waals surface area contributed by atoms with Gasteiger partial charge >= 0.3 is 5.97 Å². The van der Waals surface area contributed by atoms with Gasteiger partial charge in [-0.15, -0.1) is 0 Å². The van der Waals surface area contributed by atoms with Gasteiger partial charge in [-0.05, 0) is 39.0 Å². The third kappa shape index (κ3) is 8.92. The molecule has 0 spiro atoms. The van der Waals surface area contributed by atoms with Gasteiger partial charge in [-0.25, -0.2) is 0 Å². The van der Waals surface area contributed by atoms with Crippen molar-refractivity contribution in [2.45, 2.75) is 83.7 Å². The van der Waals surface area contributed by atoms with Gasteiger partial charge in [0.1, 0.15) is 6.04 Å². The molecule has 0 radical (unpaired) electrons. The number of carboxylic acids is 1. The zero-order valence-corrected chi connectivity index (χ0v) is 20.6. The molecule has 0 saturated carbocycles. The van der Waals surface area contributed by atoms with E-state index in [0.717, 1.165) is 19.3 Å². The quantitative estimate of drug-likeness (QED) is 0.139. The number of guanidine groups is 1. The van der Waals surface area contributed by atoms with Gasteiger partial charge in [0.2, 0.25) is 11.8 Å². The number of ketones is 1. The third-order valence-electron chi connectivity index (χ3n) is 6.29. The molecular weight excluding hydrogens is 440 g/mol. The highest BCUT2D eigenvalue weighted by Gasteiger charge is 2.40. The van der Waals surface area contributed by atoms with Gasteiger partial charge in [-0.2, -0.15) is 0 Å². The number of aliphatic carboxylic acids is 1. The molecule has 11 heteroatoms. The summed E-state index contributed by atoms with van der Waals surface area (Å²) in [6.07, 6.45) is 4.87. The molecule has 2 amide bonds. The largest absolute Gasteiger partial charge is 0.481 e. The van der Waals surface area contributed by atoms with E-state index in [9.17, 15) is 24.3 Å². The summed E-state index contributed by atoms with van der Waals surface area (Å²) in [5, 5.41) is 9.58. The lowest BCUT2D eigenvalue weighted by molar-refractivity contribution is -0.149. The van der Waals surface area contributed by atoms with E-state index in [4.69, 9.17) is 17.2 Å². The second kappa shape index (κ2) is 15.3. The summed E-state index contributed by atoms with van der Waals surface area (Å²) in [6, 6.07) is -1.34. The Hall–Kier alpha value is -2.69. The fourth-order valence-corrected chi connectivity index (χ4v) is 4.48. The summed E-state index contributed by atoms with van der Waals surface area (Å²) >= 11 is 0. The first-order chi connectivity index (χ1) is 16.2. The highest BCUT2D eigenvalue weighted by molar-refractivity contribution is 5.94. The topological polar surface area (TPSA) is 185 Å². The lowest BCUT2D eigenvalue weighted by atomic mass is 9.93. The fraction of sp³-hybridized carbons (Fsp3) is 0.783. The minimum atomic E-state index is -1.06. The Kier molecular flexibility index (Phi) is 13.2. The van der Waals surface area contributed by atoms with Crippen molar-refractivity contribution in [2.75, 3.05) is 26.2 Å². The van der Waals surface area contributed by atoms with E-state index < -0.39 is 24.0 Å². The number of Topliss-reactive ketones (excluding diaryl/α,β-unsaturated/α-hetero) is 1. The maximum atomic E-state index is 13.6. The number of hydrogen-bond acceptors (Lipinski definition) is 6. The van der Waals surface area contributed by atoms with Crippen LogP contribution in [0.15, 0.2) is 4.99 Å². The highest BCUT2D eigenvalue weighted by Crippen LogP contribution is 2.25. The molecule has 7 N–H and O–H groups in total. The summed E-state index contributed by atoms with van der Waals surface area (Å²) in [5.41, 5.74) is 16.1. The summed E-state index contributed by atoms with van der Waals surface area (Å²) in [5.74, 6) is -2.81. The monoisotopic (exact) mass is 482 g/mol. The van der Waals surface area contributed by atoms with Crippen LogP contribution >= 0.6 is 0 Å². The van der Waals surface area contributed by atoms with Gasteiger partial charge in [0.15, 0.2) is 11.7 Å². The molecule has 1 saturated heterocycles. The number of amides is 2. The first kappa shape index (κ1) is 29.3. The van der Waals surface area contributed by atoms with Crippen molar-refractivity contribution < 1.29 is 24.3 Å². The van der Waals surface area contributed by atoms with Crippen molar-refractivity contribution in [1.82, 2.24) is 9.80 Å². The number of carboxylic acid groups (broad SMARTS) is 1. The number of carbonyl (C=O) groups excluding carboxylic acids is 3. The third-order valence-corrected chi connectivity index (χ3v) is 6.29. The molecule has 0 aromatic carbocycles. The number of nitrogens with zero attached hydrogens (tertiary/aromatic N) is 3. The molecule has 1 rings (SSSR count). The summed E-state index contributed by atoms with van der Waals surface area (Å²) in [7, 11) is 0. The number of likely N-dealkylation sites (N-methyl/N-ethyl adjacent to an activating group) is 1. The Balaban J connectivity index is 2.95. The molecule has 11 nitrogen and oxygen atoms in total. The zero-order chi connectivity index (χ0) is 25.7. The van der Waals surface area contributed by atoms with Crippen LogP contribution in [0, 0.1) is 5.92 Å². The van der Waals surface area contributed by atoms with E-state index in [1.807, 2.05) is 0 Å². The van der Waals surface area contributed by atoms with Crippen molar-refractivity contribution in [3.05, 3.63) is 0 Å². The molecule has 194 valence electrons. The van der Waals surface area contributed by atoms with Crippen molar-refractivity contribution in [2.24, 2.45) is 28.1 Å². The average Bonchev–Trinajstić information content (AvgIpc) is 3.29. The molecule has 1 fully saturated rings. The lowest BCUT2D eigenvalue weighted by Crippen LogP contribution is -2.54. The van der Waals surface area contributed by atoms with Crippen molar-refractivity contribution >= 4 is 29.5 Å². The van der Waals surface area contributed by atoms with Gasteiger partial charge in [-0.3, -0.25) is 24.2 Å². The smallest absolute Gasteiger partial charge is 0.306 e. The highest BCUT2D eigenvalue weighted by atomic mass is 16.4. The number of unbranched alkanes of at least 4 members (excludes halogenated alkanes) is 2. The van der Waals surface area contributed by atoms with Gasteiger partial charge in [0, 0.05) is 26.1 Å². The first-order valence-electron chi connectivity index (χ1n) is 12.3. The second-order valence-corrected chi connectivity index (χ2v) is 8.74. The molecule has 1 aliphatic heterocycles. The molecular formula is C23H42N6O5. The van der Waals surface area contributed by atoms with E-state index in [2.05, 4.69) is 11.9 Å². The van der Waals surface area contributed by atoms with Gasteiger partial charge in [0.05, 0.1) is 18.5 Å². The van der Waals surface area contributed by atoms with Crippen LogP contribution in [-0.4, -0.2) is 82.7 Å². The van der Waals surface area contributed by atoms with E-state index in [1.165, 1.54) is 4.90 Å². The Morgan fingerprint density at radius 2 is 1.82 bits per heavy atom. The minimum absolute atomic E-state index is 0.0641. The Morgan fingerprint density at radius 3 is 2.38 bits per heavy atom. The van der Waals surface area contributed by atoms with Gasteiger partial charge < -0.3 is 32.1 Å². The van der Waals surface area contributed by atoms with Crippen LogP contribution in [-0.2, 0) is 19.2 Å². The molecule has 1 heterocycles. The normalized spacial score (nSPS) is 17.1. The van der Waals surface area contributed by atoms with E-state index in [1.54, 1.807) is 11.8 Å².